The zero-order valence-corrected chi connectivity index (χ0v) is 23.4. The van der Waals surface area contributed by atoms with E-state index in [1.165, 1.54) is 33.5 Å². The first-order valence-electron chi connectivity index (χ1n) is 12.2. The maximum Gasteiger partial charge on any atom is 0.122 e. The van der Waals surface area contributed by atoms with E-state index in [0.717, 1.165) is 12.8 Å². The van der Waals surface area contributed by atoms with Crippen LogP contribution in [0.25, 0.3) is 0 Å². The average Bonchev–Trinajstić information content (AvgIpc) is 2.86. The van der Waals surface area contributed by atoms with Crippen molar-refractivity contribution in [1.82, 2.24) is 0 Å². The third kappa shape index (κ3) is 6.11. The van der Waals surface area contributed by atoms with Crippen molar-refractivity contribution in [2.24, 2.45) is 5.41 Å². The Morgan fingerprint density at radius 2 is 1.29 bits per heavy atom. The Morgan fingerprint density at radius 3 is 1.71 bits per heavy atom. The van der Waals surface area contributed by atoms with Gasteiger partial charge in [0.15, 0.2) is 0 Å². The summed E-state index contributed by atoms with van der Waals surface area (Å²) in [5, 5.41) is 3.81. The lowest BCUT2D eigenvalue weighted by atomic mass is 9.72. The topological polar surface area (TPSA) is 0 Å². The van der Waals surface area contributed by atoms with E-state index in [9.17, 15) is 0 Å². The van der Waals surface area contributed by atoms with Crippen LogP contribution < -0.4 is 32.9 Å². The molecule has 0 atom stereocenters. The Balaban J connectivity index is 0.00000342. The fourth-order valence-corrected chi connectivity index (χ4v) is 9.29. The molecule has 0 heterocycles. The summed E-state index contributed by atoms with van der Waals surface area (Å²) < 4.78 is 15.4. The van der Waals surface area contributed by atoms with E-state index in [1.54, 1.807) is 6.08 Å². The molecule has 35 heavy (non-hydrogen) atoms. The molecule has 4 rings (SSSR count). The van der Waals surface area contributed by atoms with Gasteiger partial charge in [0.2, 0.25) is 0 Å². The van der Waals surface area contributed by atoms with Crippen LogP contribution in [0.15, 0.2) is 126 Å². The van der Waals surface area contributed by atoms with Crippen molar-refractivity contribution in [3.05, 3.63) is 126 Å². The number of benzene rings is 3. The fraction of sp³-hybridized carbons (Fsp3) is 0.250. The van der Waals surface area contributed by atoms with Crippen molar-refractivity contribution in [2.45, 2.75) is 40.0 Å². The highest BCUT2D eigenvalue weighted by Gasteiger charge is 2.44. The highest BCUT2D eigenvalue weighted by atomic mass is 79.9. The van der Waals surface area contributed by atoms with Gasteiger partial charge < -0.3 is 17.0 Å². The largest absolute Gasteiger partial charge is 1.00 e. The summed E-state index contributed by atoms with van der Waals surface area (Å²) in [5.74, 6) is -0.158. The van der Waals surface area contributed by atoms with Gasteiger partial charge in [-0.05, 0) is 85.7 Å². The second-order valence-electron chi connectivity index (χ2n) is 9.85. The van der Waals surface area contributed by atoms with Crippen LogP contribution in [0.2, 0.25) is 0 Å². The molecule has 0 N–H and O–H groups in total. The highest BCUT2D eigenvalue weighted by molar-refractivity contribution is 7.95. The third-order valence-corrected chi connectivity index (χ3v) is 11.4. The molecule has 0 aromatic heterocycles. The maximum atomic E-state index is 15.4. The lowest BCUT2D eigenvalue weighted by Gasteiger charge is -2.32. The normalized spacial score (nSPS) is 16.3. The van der Waals surface area contributed by atoms with Crippen molar-refractivity contribution in [1.29, 1.82) is 0 Å². The molecule has 0 saturated heterocycles. The van der Waals surface area contributed by atoms with Crippen LogP contribution >= 0.6 is 7.26 Å². The summed E-state index contributed by atoms with van der Waals surface area (Å²) in [4.78, 5) is 0. The number of hydrogen-bond donors (Lipinski definition) is 0. The predicted molar refractivity (Wildman–Crippen MR) is 149 cm³/mol. The van der Waals surface area contributed by atoms with E-state index in [1.807, 2.05) is 12.2 Å². The van der Waals surface area contributed by atoms with Crippen LogP contribution in [0.4, 0.5) is 4.39 Å². The Morgan fingerprint density at radius 1 is 0.829 bits per heavy atom. The molecule has 0 nitrogen and oxygen atoms in total. The first-order valence-corrected chi connectivity index (χ1v) is 14.2. The summed E-state index contributed by atoms with van der Waals surface area (Å²) in [6.07, 6.45) is 9.63. The number of allylic oxidation sites excluding steroid dienone is 6. The maximum absolute atomic E-state index is 15.4. The first-order chi connectivity index (χ1) is 16.4. The van der Waals surface area contributed by atoms with Gasteiger partial charge >= 0.3 is 0 Å². The SMILES string of the molecule is CC1=C(/C=C/C(F)=C/C[P+](c2ccccc2)(c2ccccc2)c2ccccc2)C(C)(C)CCC1.[Br-]. The second-order valence-corrected chi connectivity index (χ2v) is 13.4. The van der Waals surface area contributed by atoms with Crippen molar-refractivity contribution in [3.8, 4) is 0 Å². The molecule has 182 valence electrons. The van der Waals surface area contributed by atoms with Crippen molar-refractivity contribution in [3.63, 3.8) is 0 Å². The molecule has 0 bridgehead atoms. The molecule has 3 aromatic rings. The average molecular weight is 550 g/mol. The fourth-order valence-electron chi connectivity index (χ4n) is 5.28. The van der Waals surface area contributed by atoms with Gasteiger partial charge in [-0.1, -0.05) is 80.1 Å². The summed E-state index contributed by atoms with van der Waals surface area (Å²) in [5.41, 5.74) is 2.78. The van der Waals surface area contributed by atoms with Gasteiger partial charge in [0.1, 0.15) is 29.0 Å². The minimum Gasteiger partial charge on any atom is -1.00 e. The minimum absolute atomic E-state index is 0. The molecular weight excluding hydrogens is 514 g/mol. The van der Waals surface area contributed by atoms with Crippen LogP contribution in [0.5, 0.6) is 0 Å². The monoisotopic (exact) mass is 548 g/mol. The molecule has 3 heteroatoms. The summed E-state index contributed by atoms with van der Waals surface area (Å²) >= 11 is 0. The quantitative estimate of drug-likeness (QED) is 0.290. The van der Waals surface area contributed by atoms with Crippen LogP contribution in [0.1, 0.15) is 40.0 Å². The Kier molecular flexibility index (Phi) is 9.45. The lowest BCUT2D eigenvalue weighted by Crippen LogP contribution is -3.00. The summed E-state index contributed by atoms with van der Waals surface area (Å²) in [6.45, 7) is 6.74. The predicted octanol–water partition coefficient (Wildman–Crippen LogP) is 4.92. The molecule has 0 spiro atoms. The first kappa shape index (κ1) is 27.3. The lowest BCUT2D eigenvalue weighted by molar-refractivity contribution is -0.00000779. The summed E-state index contributed by atoms with van der Waals surface area (Å²) in [6, 6.07) is 31.9. The van der Waals surface area contributed by atoms with E-state index < -0.39 is 7.26 Å². The molecule has 0 saturated carbocycles. The molecule has 0 unspecified atom stereocenters. The molecule has 1 aliphatic carbocycles. The van der Waals surface area contributed by atoms with Gasteiger partial charge in [0.05, 0.1) is 6.16 Å². The van der Waals surface area contributed by atoms with Crippen LogP contribution in [0, 0.1) is 5.41 Å². The number of hydrogen-bond acceptors (Lipinski definition) is 0. The van der Waals surface area contributed by atoms with E-state index in [2.05, 4.69) is 112 Å². The Labute approximate surface area is 221 Å². The van der Waals surface area contributed by atoms with Crippen molar-refractivity contribution in [2.75, 3.05) is 6.16 Å². The molecule has 1 aliphatic rings. The van der Waals surface area contributed by atoms with Gasteiger partial charge in [0.25, 0.3) is 0 Å². The van der Waals surface area contributed by atoms with Crippen molar-refractivity contribution < 1.29 is 21.4 Å². The smallest absolute Gasteiger partial charge is 0.122 e. The van der Waals surface area contributed by atoms with Crippen molar-refractivity contribution >= 4 is 23.2 Å². The third-order valence-electron chi connectivity index (χ3n) is 7.10. The number of rotatable bonds is 7. The van der Waals surface area contributed by atoms with Gasteiger partial charge in [0, 0.05) is 0 Å². The molecule has 0 radical (unpaired) electrons. The molecular formula is C32H35BrFP. The van der Waals surface area contributed by atoms with Crippen LogP contribution in [-0.2, 0) is 0 Å². The number of halogens is 2. The minimum atomic E-state index is -2.06. The molecule has 0 fully saturated rings. The Hall–Kier alpha value is -2.28. The van der Waals surface area contributed by atoms with E-state index >= 15 is 4.39 Å². The van der Waals surface area contributed by atoms with Crippen LogP contribution in [0.3, 0.4) is 0 Å². The van der Waals surface area contributed by atoms with E-state index in [4.69, 9.17) is 0 Å². The molecule has 3 aromatic carbocycles. The van der Waals surface area contributed by atoms with E-state index in [0.29, 0.717) is 6.16 Å². The Bertz CT molecular complexity index is 1080. The molecule has 0 amide bonds. The standard InChI is InChI=1S/C32H35FP.BrH/c1-26-14-13-24-32(2,3)31(26)22-21-27(33)23-25-34(28-15-7-4-8-16-28,29-17-9-5-10-18-29)30-19-11-6-12-20-30;/h4-12,15-23H,13-14,24-25H2,1-3H3;1H/q+1;/p-1/b22-21+,27-23-;. The summed E-state index contributed by atoms with van der Waals surface area (Å²) in [7, 11) is -2.06. The van der Waals surface area contributed by atoms with E-state index in [-0.39, 0.29) is 28.2 Å². The van der Waals surface area contributed by atoms with Gasteiger partial charge in [-0.3, -0.25) is 0 Å². The highest BCUT2D eigenvalue weighted by Crippen LogP contribution is 2.55. The van der Waals surface area contributed by atoms with Gasteiger partial charge in [-0.25, -0.2) is 4.39 Å². The van der Waals surface area contributed by atoms with Gasteiger partial charge in [-0.15, -0.1) is 0 Å². The molecule has 0 aliphatic heterocycles. The zero-order valence-electron chi connectivity index (χ0n) is 20.9. The second kappa shape index (κ2) is 12.1. The van der Waals surface area contributed by atoms with Gasteiger partial charge in [-0.2, -0.15) is 0 Å². The van der Waals surface area contributed by atoms with Crippen LogP contribution in [-0.4, -0.2) is 6.16 Å². The zero-order chi connectivity index (χ0) is 24.0.